The van der Waals surface area contributed by atoms with Crippen molar-refractivity contribution in [2.45, 2.75) is 50.5 Å². The molecule has 0 unspecified atom stereocenters. The van der Waals surface area contributed by atoms with Gasteiger partial charge in [-0.1, -0.05) is 18.1 Å². The van der Waals surface area contributed by atoms with Crippen molar-refractivity contribution >= 4 is 5.91 Å². The zero-order valence-electron chi connectivity index (χ0n) is 15.3. The minimum atomic E-state index is 0.0528. The molecule has 1 saturated carbocycles. The molecular formula is C20H24N4O3. The van der Waals surface area contributed by atoms with Gasteiger partial charge < -0.3 is 14.4 Å². The van der Waals surface area contributed by atoms with E-state index in [1.807, 2.05) is 21.7 Å². The fraction of sp³-hybridized carbons (Fsp3) is 0.550. The van der Waals surface area contributed by atoms with E-state index in [0.717, 1.165) is 31.6 Å². The Labute approximate surface area is 158 Å². The Morgan fingerprint density at radius 1 is 1.04 bits per heavy atom. The summed E-state index contributed by atoms with van der Waals surface area (Å²) in [6.45, 7) is 1.69. The molecular weight excluding hydrogens is 344 g/mol. The maximum absolute atomic E-state index is 12.8. The molecule has 0 atom stereocenters. The van der Waals surface area contributed by atoms with Gasteiger partial charge in [-0.3, -0.25) is 4.79 Å². The summed E-state index contributed by atoms with van der Waals surface area (Å²) in [4.78, 5) is 14.7. The van der Waals surface area contributed by atoms with Crippen molar-refractivity contribution in [1.82, 2.24) is 19.9 Å². The number of nitrogens with zero attached hydrogens (tertiary/aromatic N) is 4. The topological polar surface area (TPSA) is 69.5 Å². The minimum Gasteiger partial charge on any atom is -0.454 e. The molecule has 5 rings (SSSR count). The molecule has 0 N–H and O–H groups in total. The highest BCUT2D eigenvalue weighted by atomic mass is 16.7. The molecule has 1 aliphatic carbocycles. The highest BCUT2D eigenvalue weighted by Crippen LogP contribution is 2.35. The van der Waals surface area contributed by atoms with Gasteiger partial charge in [-0.25, -0.2) is 4.68 Å². The van der Waals surface area contributed by atoms with E-state index < -0.39 is 0 Å². The van der Waals surface area contributed by atoms with Crippen molar-refractivity contribution in [3.63, 3.8) is 0 Å². The van der Waals surface area contributed by atoms with Crippen molar-refractivity contribution < 1.29 is 14.3 Å². The molecule has 7 heteroatoms. The van der Waals surface area contributed by atoms with Crippen LogP contribution in [0.5, 0.6) is 11.5 Å². The van der Waals surface area contributed by atoms with E-state index in [1.54, 1.807) is 6.07 Å². The van der Waals surface area contributed by atoms with E-state index in [4.69, 9.17) is 9.47 Å². The molecule has 2 aromatic rings. The quantitative estimate of drug-likeness (QED) is 0.832. The van der Waals surface area contributed by atoms with Gasteiger partial charge in [0.2, 0.25) is 6.79 Å². The Balaban J connectivity index is 1.22. The molecule has 1 aromatic heterocycles. The second-order valence-electron chi connectivity index (χ2n) is 7.70. The van der Waals surface area contributed by atoms with Gasteiger partial charge in [0.05, 0.1) is 11.7 Å². The number of hydrogen-bond acceptors (Lipinski definition) is 5. The zero-order chi connectivity index (χ0) is 18.2. The smallest absolute Gasteiger partial charge is 0.253 e. The summed E-state index contributed by atoms with van der Waals surface area (Å²) in [5.41, 5.74) is 1.80. The van der Waals surface area contributed by atoms with Gasteiger partial charge in [-0.2, -0.15) is 0 Å². The van der Waals surface area contributed by atoms with Gasteiger partial charge in [0.15, 0.2) is 11.5 Å². The van der Waals surface area contributed by atoms with Gasteiger partial charge in [0.25, 0.3) is 5.91 Å². The summed E-state index contributed by atoms with van der Waals surface area (Å²) in [6.07, 6.45) is 9.03. The van der Waals surface area contributed by atoms with Crippen LogP contribution in [0.15, 0.2) is 24.4 Å². The molecule has 2 aliphatic heterocycles. The van der Waals surface area contributed by atoms with Crippen LogP contribution in [0.2, 0.25) is 0 Å². The van der Waals surface area contributed by atoms with Crippen molar-refractivity contribution in [2.24, 2.45) is 0 Å². The molecule has 1 aromatic carbocycles. The highest BCUT2D eigenvalue weighted by molar-refractivity contribution is 5.95. The third-order valence-electron chi connectivity index (χ3n) is 6.05. The first-order chi connectivity index (χ1) is 13.3. The van der Waals surface area contributed by atoms with Crippen molar-refractivity contribution in [3.05, 3.63) is 35.7 Å². The Morgan fingerprint density at radius 2 is 1.81 bits per heavy atom. The Kier molecular flexibility index (Phi) is 4.22. The molecule has 3 heterocycles. The second kappa shape index (κ2) is 6.87. The van der Waals surface area contributed by atoms with E-state index in [0.29, 0.717) is 29.0 Å². The number of fused-ring (bicyclic) bond motifs is 1. The molecule has 142 valence electrons. The average Bonchev–Trinajstić information content (AvgIpc) is 3.48. The normalized spacial score (nSPS) is 20.4. The van der Waals surface area contributed by atoms with Crippen LogP contribution in [-0.2, 0) is 0 Å². The summed E-state index contributed by atoms with van der Waals surface area (Å²) in [7, 11) is 0. The van der Waals surface area contributed by atoms with Gasteiger partial charge >= 0.3 is 0 Å². The molecule has 7 nitrogen and oxygen atoms in total. The van der Waals surface area contributed by atoms with E-state index in [-0.39, 0.29) is 12.7 Å². The predicted molar refractivity (Wildman–Crippen MR) is 98.0 cm³/mol. The number of benzene rings is 1. The number of amides is 1. The molecule has 0 bridgehead atoms. The molecule has 27 heavy (non-hydrogen) atoms. The monoisotopic (exact) mass is 368 g/mol. The first-order valence-electron chi connectivity index (χ1n) is 9.88. The lowest BCUT2D eigenvalue weighted by molar-refractivity contribution is 0.0689. The molecule has 0 radical (unpaired) electrons. The Hall–Kier alpha value is -2.57. The number of rotatable bonds is 3. The number of carbonyl (C=O) groups excluding carboxylic acids is 1. The van der Waals surface area contributed by atoms with Crippen LogP contribution in [0.4, 0.5) is 0 Å². The van der Waals surface area contributed by atoms with Crippen molar-refractivity contribution in [3.8, 4) is 11.5 Å². The average molecular weight is 368 g/mol. The largest absolute Gasteiger partial charge is 0.454 e. The lowest BCUT2D eigenvalue weighted by Gasteiger charge is -2.32. The highest BCUT2D eigenvalue weighted by Gasteiger charge is 2.27. The Morgan fingerprint density at radius 3 is 2.63 bits per heavy atom. The third kappa shape index (κ3) is 3.15. The van der Waals surface area contributed by atoms with Crippen LogP contribution < -0.4 is 9.47 Å². The first kappa shape index (κ1) is 16.6. The van der Waals surface area contributed by atoms with Crippen LogP contribution in [0.3, 0.4) is 0 Å². The van der Waals surface area contributed by atoms with E-state index in [2.05, 4.69) is 16.5 Å². The van der Waals surface area contributed by atoms with Crippen molar-refractivity contribution in [2.75, 3.05) is 19.9 Å². The number of hydrogen-bond donors (Lipinski definition) is 0. The van der Waals surface area contributed by atoms with Gasteiger partial charge in [0, 0.05) is 30.8 Å². The van der Waals surface area contributed by atoms with Crippen LogP contribution in [0.25, 0.3) is 0 Å². The van der Waals surface area contributed by atoms with Gasteiger partial charge in [0.1, 0.15) is 0 Å². The van der Waals surface area contributed by atoms with E-state index in [1.165, 1.54) is 25.7 Å². The standard InChI is InChI=1S/C20H24N4O3/c25-20(15-5-6-18-19(11-15)27-13-26-18)23-9-7-16(8-10-23)24-12-17(21-22-24)14-3-1-2-4-14/h5-6,11-12,14,16H,1-4,7-10,13H2. The van der Waals surface area contributed by atoms with Crippen molar-refractivity contribution in [1.29, 1.82) is 0 Å². The number of aromatic nitrogens is 3. The molecule has 2 fully saturated rings. The minimum absolute atomic E-state index is 0.0528. The number of carbonyl (C=O) groups is 1. The maximum atomic E-state index is 12.8. The zero-order valence-corrected chi connectivity index (χ0v) is 15.3. The first-order valence-corrected chi connectivity index (χ1v) is 9.88. The number of ether oxygens (including phenoxy) is 2. The summed E-state index contributed by atoms with van der Waals surface area (Å²) in [5.74, 6) is 2.00. The molecule has 1 amide bonds. The predicted octanol–water partition coefficient (Wildman–Crippen LogP) is 3.14. The lowest BCUT2D eigenvalue weighted by atomic mass is 10.0. The van der Waals surface area contributed by atoms with Crippen LogP contribution in [0.1, 0.15) is 66.5 Å². The summed E-state index contributed by atoms with van der Waals surface area (Å²) in [5, 5.41) is 8.80. The van der Waals surface area contributed by atoms with Crippen LogP contribution in [0, 0.1) is 0 Å². The molecule has 1 saturated heterocycles. The molecule has 3 aliphatic rings. The van der Waals surface area contributed by atoms with Crippen LogP contribution >= 0.6 is 0 Å². The fourth-order valence-corrected chi connectivity index (χ4v) is 4.42. The number of likely N-dealkylation sites (tertiary alicyclic amines) is 1. The van der Waals surface area contributed by atoms with Gasteiger partial charge in [-0.05, 0) is 43.9 Å². The van der Waals surface area contributed by atoms with E-state index >= 15 is 0 Å². The SMILES string of the molecule is O=C(c1ccc2c(c1)OCO2)N1CCC(n2cc(C3CCCC3)nn2)CC1. The number of piperidine rings is 1. The molecule has 0 spiro atoms. The fourth-order valence-electron chi connectivity index (χ4n) is 4.42. The van der Waals surface area contributed by atoms with E-state index in [9.17, 15) is 4.79 Å². The summed E-state index contributed by atoms with van der Waals surface area (Å²) < 4.78 is 12.7. The Bertz CT molecular complexity index is 836. The lowest BCUT2D eigenvalue weighted by Crippen LogP contribution is -2.39. The summed E-state index contributed by atoms with van der Waals surface area (Å²) >= 11 is 0. The second-order valence-corrected chi connectivity index (χ2v) is 7.70. The third-order valence-corrected chi connectivity index (χ3v) is 6.05. The summed E-state index contributed by atoms with van der Waals surface area (Å²) in [6, 6.07) is 5.73. The van der Waals surface area contributed by atoms with Gasteiger partial charge in [-0.15, -0.1) is 5.10 Å². The maximum Gasteiger partial charge on any atom is 0.253 e. The van der Waals surface area contributed by atoms with Crippen LogP contribution in [-0.4, -0.2) is 45.7 Å².